The van der Waals surface area contributed by atoms with Gasteiger partial charge in [-0.05, 0) is 68.3 Å². The van der Waals surface area contributed by atoms with E-state index >= 15 is 0 Å². The third kappa shape index (κ3) is 4.82. The van der Waals surface area contributed by atoms with Gasteiger partial charge in [-0.25, -0.2) is 4.68 Å². The Bertz CT molecular complexity index is 1470. The highest BCUT2D eigenvalue weighted by atomic mass is 32.1. The molecule has 212 valence electrons. The van der Waals surface area contributed by atoms with Gasteiger partial charge in [-0.15, -0.1) is 26.6 Å². The molecule has 1 unspecified atom stereocenters. The third-order valence-corrected chi connectivity index (χ3v) is 9.89. The van der Waals surface area contributed by atoms with Crippen LogP contribution in [0.4, 0.5) is 25.5 Å². The summed E-state index contributed by atoms with van der Waals surface area (Å²) in [5, 5.41) is 22.2. The number of hydrogen-bond acceptors (Lipinski definition) is 8. The largest absolute Gasteiger partial charge is 0.415 e. The van der Waals surface area contributed by atoms with Crippen molar-refractivity contribution in [1.29, 1.82) is 0 Å². The average molecular weight is 573 g/mol. The van der Waals surface area contributed by atoms with Crippen LogP contribution in [0, 0.1) is 17.3 Å². The lowest BCUT2D eigenvalue weighted by Crippen LogP contribution is -2.29. The minimum Gasteiger partial charge on any atom is -0.415 e. The Kier molecular flexibility index (Phi) is 6.06. The number of halogens is 2. The van der Waals surface area contributed by atoms with Gasteiger partial charge >= 0.3 is 6.61 Å². The second-order valence-corrected chi connectivity index (χ2v) is 12.5. The van der Waals surface area contributed by atoms with Crippen molar-refractivity contribution in [1.82, 2.24) is 29.9 Å². The Hall–Kier alpha value is -3.55. The van der Waals surface area contributed by atoms with Crippen molar-refractivity contribution < 1.29 is 23.1 Å². The number of carbonyl (C=O) groups is 2. The first-order valence-electron chi connectivity index (χ1n) is 13.7. The number of alkyl halides is 2. The molecule has 40 heavy (non-hydrogen) atoms. The summed E-state index contributed by atoms with van der Waals surface area (Å²) < 4.78 is 32.9. The number of rotatable bonds is 10. The van der Waals surface area contributed by atoms with Crippen molar-refractivity contribution in [3.8, 4) is 5.88 Å². The molecule has 0 aromatic carbocycles. The Balaban J connectivity index is 1.12. The molecule has 3 fully saturated rings. The molecule has 14 heteroatoms. The molecule has 4 aliphatic carbocycles. The lowest BCUT2D eigenvalue weighted by Gasteiger charge is -2.25. The molecule has 3 N–H and O–H groups in total. The van der Waals surface area contributed by atoms with Gasteiger partial charge in [0.25, 0.3) is 5.91 Å². The number of aryl methyl sites for hydroxylation is 2. The fourth-order valence-electron chi connectivity index (χ4n) is 5.91. The predicted molar refractivity (Wildman–Crippen MR) is 142 cm³/mol. The first kappa shape index (κ1) is 25.4. The van der Waals surface area contributed by atoms with Crippen molar-refractivity contribution in [2.45, 2.75) is 64.0 Å². The highest BCUT2D eigenvalue weighted by Gasteiger charge is 2.62. The van der Waals surface area contributed by atoms with Crippen LogP contribution >= 0.6 is 11.3 Å². The SMILES string of the molecule is Cn1nc(OC(F)F)cc1Nc1nncn1[C@H]1CCc2sc(NC(=O)C3CC3)c(C(=O)NCC3CC34CC4)c2C1. The van der Waals surface area contributed by atoms with Gasteiger partial charge in [0.2, 0.25) is 17.7 Å². The Morgan fingerprint density at radius 1 is 1.27 bits per heavy atom. The zero-order valence-electron chi connectivity index (χ0n) is 22.0. The summed E-state index contributed by atoms with van der Waals surface area (Å²) in [5.74, 6) is 1.08. The Morgan fingerprint density at radius 2 is 2.10 bits per heavy atom. The molecule has 0 bridgehead atoms. The summed E-state index contributed by atoms with van der Waals surface area (Å²) in [4.78, 5) is 27.4. The number of anilines is 3. The van der Waals surface area contributed by atoms with Gasteiger partial charge in [-0.2, -0.15) is 8.78 Å². The number of thiophene rings is 1. The lowest BCUT2D eigenvalue weighted by atomic mass is 9.91. The van der Waals surface area contributed by atoms with Crippen molar-refractivity contribution in [2.24, 2.45) is 24.3 Å². The molecule has 2 amide bonds. The number of carbonyl (C=O) groups excluding carboxylic acids is 2. The van der Waals surface area contributed by atoms with Crippen LogP contribution in [0.2, 0.25) is 0 Å². The van der Waals surface area contributed by atoms with Crippen LogP contribution < -0.4 is 20.7 Å². The summed E-state index contributed by atoms with van der Waals surface area (Å²) >= 11 is 1.51. The number of nitrogens with one attached hydrogen (secondary N) is 3. The van der Waals surface area contributed by atoms with Crippen molar-refractivity contribution in [3.63, 3.8) is 0 Å². The summed E-state index contributed by atoms with van der Waals surface area (Å²) in [6.07, 6.45) is 9.21. The normalized spacial score (nSPS) is 22.2. The predicted octanol–water partition coefficient (Wildman–Crippen LogP) is 4.03. The molecule has 11 nitrogen and oxygen atoms in total. The van der Waals surface area contributed by atoms with E-state index < -0.39 is 6.61 Å². The van der Waals surface area contributed by atoms with Gasteiger partial charge in [-0.1, -0.05) is 0 Å². The van der Waals surface area contributed by atoms with E-state index in [2.05, 4.69) is 36.0 Å². The molecule has 3 aromatic rings. The highest BCUT2D eigenvalue weighted by molar-refractivity contribution is 7.17. The Morgan fingerprint density at radius 3 is 2.83 bits per heavy atom. The van der Waals surface area contributed by atoms with Gasteiger partial charge in [0.15, 0.2) is 0 Å². The molecule has 7 rings (SSSR count). The van der Waals surface area contributed by atoms with Crippen molar-refractivity contribution in [3.05, 3.63) is 28.4 Å². The van der Waals surface area contributed by atoms with Crippen LogP contribution in [0.1, 0.15) is 65.4 Å². The van der Waals surface area contributed by atoms with Gasteiger partial charge in [0, 0.05) is 36.5 Å². The van der Waals surface area contributed by atoms with Crippen molar-refractivity contribution >= 4 is 39.9 Å². The first-order valence-corrected chi connectivity index (χ1v) is 14.5. The van der Waals surface area contributed by atoms with Crippen LogP contribution in [0.5, 0.6) is 5.88 Å². The second-order valence-electron chi connectivity index (χ2n) is 11.4. The monoisotopic (exact) mass is 572 g/mol. The summed E-state index contributed by atoms with van der Waals surface area (Å²) in [6, 6.07) is 1.31. The number of hydrogen-bond donors (Lipinski definition) is 3. The summed E-state index contributed by atoms with van der Waals surface area (Å²) in [5.41, 5.74) is 2.02. The lowest BCUT2D eigenvalue weighted by molar-refractivity contribution is -0.117. The van der Waals surface area contributed by atoms with Crippen LogP contribution in [0.15, 0.2) is 12.4 Å². The standard InChI is InChI=1S/C26H30F2N8O3S/c1-35-18(9-19(34-35)39-24(27)28)31-25-33-30-12-36(25)15-4-5-17-16(8-15)20(23(40-17)32-21(37)13-2-3-13)22(38)29-11-14-10-26(14)6-7-26/h9,12-15,24H,2-8,10-11H2,1H3,(H,29,38)(H,31,33)(H,32,37)/t14?,15-/m0/s1. The van der Waals surface area contributed by atoms with E-state index in [0.29, 0.717) is 46.6 Å². The van der Waals surface area contributed by atoms with Crippen LogP contribution in [-0.2, 0) is 24.7 Å². The van der Waals surface area contributed by atoms with Crippen molar-refractivity contribution in [2.75, 3.05) is 17.2 Å². The number of ether oxygens (including phenoxy) is 1. The smallest absolute Gasteiger partial charge is 0.388 e. The molecule has 3 aromatic heterocycles. The molecule has 3 heterocycles. The molecular formula is C26H30F2N8O3S. The number of amides is 2. The molecule has 1 spiro atoms. The minimum absolute atomic E-state index is 0.0139. The van der Waals surface area contributed by atoms with E-state index in [1.165, 1.54) is 41.3 Å². The number of fused-ring (bicyclic) bond motifs is 1. The third-order valence-electron chi connectivity index (χ3n) is 8.68. The van der Waals surface area contributed by atoms with Gasteiger partial charge < -0.3 is 20.7 Å². The summed E-state index contributed by atoms with van der Waals surface area (Å²) in [7, 11) is 1.61. The second kappa shape index (κ2) is 9.53. The fourth-order valence-corrected chi connectivity index (χ4v) is 7.15. The van der Waals surface area contributed by atoms with Gasteiger partial charge in [0.05, 0.1) is 5.56 Å². The maximum atomic E-state index is 13.6. The molecule has 0 radical (unpaired) electrons. The molecule has 3 saturated carbocycles. The molecule has 0 saturated heterocycles. The fraction of sp³-hybridized carbons (Fsp3) is 0.577. The maximum absolute atomic E-state index is 13.6. The zero-order valence-corrected chi connectivity index (χ0v) is 22.8. The van der Waals surface area contributed by atoms with E-state index in [0.717, 1.165) is 36.1 Å². The summed E-state index contributed by atoms with van der Waals surface area (Å²) in [6.45, 7) is -2.30. The van der Waals surface area contributed by atoms with Crippen LogP contribution in [0.25, 0.3) is 0 Å². The van der Waals surface area contributed by atoms with E-state index in [4.69, 9.17) is 0 Å². The van der Waals surface area contributed by atoms with E-state index in [-0.39, 0.29) is 29.7 Å². The quantitative estimate of drug-likeness (QED) is 0.335. The van der Waals surface area contributed by atoms with E-state index in [9.17, 15) is 18.4 Å². The van der Waals surface area contributed by atoms with E-state index in [1.54, 1.807) is 13.4 Å². The van der Waals surface area contributed by atoms with Gasteiger partial charge in [0.1, 0.15) is 17.1 Å². The van der Waals surface area contributed by atoms with Crippen LogP contribution in [0.3, 0.4) is 0 Å². The maximum Gasteiger partial charge on any atom is 0.388 e. The molecule has 4 aliphatic rings. The topological polar surface area (TPSA) is 128 Å². The minimum atomic E-state index is -2.97. The molecule has 0 aliphatic heterocycles. The van der Waals surface area contributed by atoms with E-state index in [1.807, 2.05) is 4.57 Å². The highest BCUT2D eigenvalue weighted by Crippen LogP contribution is 2.70. The Labute approximate surface area is 232 Å². The average Bonchev–Trinajstić information content (AvgIpc) is 3.87. The number of aromatic nitrogens is 5. The first-order chi connectivity index (χ1) is 19.3. The van der Waals surface area contributed by atoms with Gasteiger partial charge in [-0.3, -0.25) is 14.2 Å². The number of nitrogens with zero attached hydrogens (tertiary/aromatic N) is 5. The molecule has 2 atom stereocenters. The van der Waals surface area contributed by atoms with Crippen LogP contribution in [-0.4, -0.2) is 49.5 Å². The zero-order chi connectivity index (χ0) is 27.6. The molecular weight excluding hydrogens is 542 g/mol.